The van der Waals surface area contributed by atoms with Crippen molar-refractivity contribution in [1.29, 1.82) is 0 Å². The molecule has 0 fully saturated rings. The van der Waals surface area contributed by atoms with E-state index in [1.165, 1.54) is 5.56 Å². The molecule has 2 rings (SSSR count). The number of hydrogen-bond acceptors (Lipinski definition) is 4. The Morgan fingerprint density at radius 2 is 1.81 bits per heavy atom. The van der Waals surface area contributed by atoms with Gasteiger partial charge in [0.1, 0.15) is 0 Å². The molecule has 1 heterocycles. The third-order valence-electron chi connectivity index (χ3n) is 2.38. The fourth-order valence-corrected chi connectivity index (χ4v) is 1.52. The van der Waals surface area contributed by atoms with E-state index >= 15 is 0 Å². The van der Waals surface area contributed by atoms with Crippen LogP contribution >= 0.6 is 0 Å². The lowest BCUT2D eigenvalue weighted by Crippen LogP contribution is -1.97. The highest BCUT2D eigenvalue weighted by Gasteiger charge is 1.97. The molecule has 4 nitrogen and oxygen atoms in total. The average molecular weight is 214 g/mol. The molecule has 82 valence electrons. The minimum atomic E-state index is 0.804. The number of nitrogen functional groups attached to an aromatic ring is 1. The summed E-state index contributed by atoms with van der Waals surface area (Å²) in [5, 5.41) is 7.74. The molecule has 0 aliphatic carbocycles. The van der Waals surface area contributed by atoms with E-state index in [4.69, 9.17) is 5.73 Å². The number of nitrogens with zero attached hydrogens (tertiary/aromatic N) is 3. The van der Waals surface area contributed by atoms with Crippen LogP contribution < -0.4 is 5.73 Å². The summed E-state index contributed by atoms with van der Waals surface area (Å²) in [5.74, 6) is 0.804. The zero-order valence-corrected chi connectivity index (χ0v) is 9.00. The number of rotatable bonds is 4. The Labute approximate surface area is 94.6 Å². The molecule has 0 aliphatic heterocycles. The summed E-state index contributed by atoms with van der Waals surface area (Å²) in [5.41, 5.74) is 7.71. The van der Waals surface area contributed by atoms with Crippen molar-refractivity contribution in [2.45, 2.75) is 19.3 Å². The molecule has 0 unspecified atom stereocenters. The normalized spacial score (nSPS) is 10.2. The summed E-state index contributed by atoms with van der Waals surface area (Å²) >= 11 is 0. The van der Waals surface area contributed by atoms with Gasteiger partial charge in [-0.15, -0.1) is 5.10 Å². The van der Waals surface area contributed by atoms with E-state index in [1.54, 1.807) is 12.4 Å². The van der Waals surface area contributed by atoms with Crippen LogP contribution in [0.1, 0.15) is 17.8 Å². The molecule has 0 amide bonds. The lowest BCUT2D eigenvalue weighted by Gasteiger charge is -2.01. The zero-order valence-electron chi connectivity index (χ0n) is 9.00. The molecule has 0 aliphatic rings. The molecule has 2 aromatic rings. The minimum Gasteiger partial charge on any atom is -0.399 e. The fraction of sp³-hybridized carbons (Fsp3) is 0.250. The van der Waals surface area contributed by atoms with Crippen LogP contribution in [0.3, 0.4) is 0 Å². The average Bonchev–Trinajstić information content (AvgIpc) is 2.33. The predicted octanol–water partition coefficient (Wildman–Crippen LogP) is 1.63. The van der Waals surface area contributed by atoms with E-state index in [1.807, 2.05) is 12.1 Å². The van der Waals surface area contributed by atoms with Gasteiger partial charge in [-0.1, -0.05) is 12.1 Å². The Kier molecular flexibility index (Phi) is 3.43. The van der Waals surface area contributed by atoms with Crippen molar-refractivity contribution in [3.8, 4) is 0 Å². The van der Waals surface area contributed by atoms with Crippen molar-refractivity contribution >= 4 is 5.69 Å². The van der Waals surface area contributed by atoms with Gasteiger partial charge in [0.05, 0.1) is 6.20 Å². The monoisotopic (exact) mass is 214 g/mol. The highest BCUT2D eigenvalue weighted by Crippen LogP contribution is 2.08. The van der Waals surface area contributed by atoms with Gasteiger partial charge < -0.3 is 5.73 Å². The van der Waals surface area contributed by atoms with E-state index < -0.39 is 0 Å². The van der Waals surface area contributed by atoms with Crippen LogP contribution in [0.15, 0.2) is 36.7 Å². The molecule has 0 saturated carbocycles. The summed E-state index contributed by atoms with van der Waals surface area (Å²) in [7, 11) is 0. The Morgan fingerprint density at radius 1 is 1.00 bits per heavy atom. The van der Waals surface area contributed by atoms with Crippen molar-refractivity contribution in [2.24, 2.45) is 0 Å². The second-order valence-electron chi connectivity index (χ2n) is 3.65. The Hall–Kier alpha value is -1.97. The molecular weight excluding hydrogens is 200 g/mol. The van der Waals surface area contributed by atoms with Crippen molar-refractivity contribution in [3.05, 3.63) is 48.0 Å². The first-order valence-corrected chi connectivity index (χ1v) is 5.31. The van der Waals surface area contributed by atoms with Crippen LogP contribution in [0.5, 0.6) is 0 Å². The van der Waals surface area contributed by atoms with Crippen molar-refractivity contribution in [3.63, 3.8) is 0 Å². The number of aryl methyl sites for hydroxylation is 2. The minimum absolute atomic E-state index is 0.804. The fourth-order valence-electron chi connectivity index (χ4n) is 1.52. The van der Waals surface area contributed by atoms with Crippen LogP contribution in [0.25, 0.3) is 0 Å². The van der Waals surface area contributed by atoms with Gasteiger partial charge in [0.2, 0.25) is 0 Å². The highest BCUT2D eigenvalue weighted by atomic mass is 15.1. The summed E-state index contributed by atoms with van der Waals surface area (Å²) in [4.78, 5) is 4.13. The summed E-state index contributed by atoms with van der Waals surface area (Å²) < 4.78 is 0. The number of aromatic nitrogens is 3. The third kappa shape index (κ3) is 3.02. The van der Waals surface area contributed by atoms with Crippen LogP contribution in [0, 0.1) is 0 Å². The quantitative estimate of drug-likeness (QED) is 0.785. The van der Waals surface area contributed by atoms with Gasteiger partial charge in [-0.05, 0) is 30.5 Å². The Balaban J connectivity index is 1.82. The van der Waals surface area contributed by atoms with Gasteiger partial charge in [-0.2, -0.15) is 5.10 Å². The van der Waals surface area contributed by atoms with Crippen LogP contribution in [0.4, 0.5) is 5.69 Å². The summed E-state index contributed by atoms with van der Waals surface area (Å²) in [6.45, 7) is 0. The van der Waals surface area contributed by atoms with Gasteiger partial charge in [0.15, 0.2) is 5.82 Å². The van der Waals surface area contributed by atoms with E-state index in [0.717, 1.165) is 30.8 Å². The van der Waals surface area contributed by atoms with Crippen LogP contribution in [-0.2, 0) is 12.8 Å². The molecule has 16 heavy (non-hydrogen) atoms. The van der Waals surface area contributed by atoms with Crippen molar-refractivity contribution < 1.29 is 0 Å². The Bertz CT molecular complexity index is 425. The van der Waals surface area contributed by atoms with Gasteiger partial charge in [0, 0.05) is 18.3 Å². The second kappa shape index (κ2) is 5.21. The van der Waals surface area contributed by atoms with Crippen molar-refractivity contribution in [2.75, 3.05) is 5.73 Å². The molecule has 1 aromatic heterocycles. The smallest absolute Gasteiger partial charge is 0.150 e. The maximum atomic E-state index is 5.62. The maximum Gasteiger partial charge on any atom is 0.150 e. The van der Waals surface area contributed by atoms with Gasteiger partial charge in [-0.25, -0.2) is 4.98 Å². The van der Waals surface area contributed by atoms with Gasteiger partial charge in [0.25, 0.3) is 0 Å². The van der Waals surface area contributed by atoms with Crippen LogP contribution in [0.2, 0.25) is 0 Å². The lowest BCUT2D eigenvalue weighted by molar-refractivity contribution is 0.743. The molecule has 0 radical (unpaired) electrons. The molecule has 0 saturated heterocycles. The first-order valence-electron chi connectivity index (χ1n) is 5.31. The number of benzene rings is 1. The standard InChI is InChI=1S/C12H14N4/c13-11-6-4-10(5-7-11)2-1-3-12-14-8-9-15-16-12/h4-9H,1-3,13H2. The number of nitrogens with two attached hydrogens (primary N) is 1. The Morgan fingerprint density at radius 3 is 2.50 bits per heavy atom. The van der Waals surface area contributed by atoms with Gasteiger partial charge in [-0.3, -0.25) is 0 Å². The van der Waals surface area contributed by atoms with Crippen molar-refractivity contribution in [1.82, 2.24) is 15.2 Å². The first kappa shape index (κ1) is 10.5. The SMILES string of the molecule is Nc1ccc(CCCc2nccnn2)cc1. The van der Waals surface area contributed by atoms with E-state index in [-0.39, 0.29) is 0 Å². The lowest BCUT2D eigenvalue weighted by atomic mass is 10.1. The molecule has 0 atom stereocenters. The van der Waals surface area contributed by atoms with E-state index in [9.17, 15) is 0 Å². The molecule has 1 aromatic carbocycles. The number of hydrogen-bond donors (Lipinski definition) is 1. The van der Waals surface area contributed by atoms with Crippen LogP contribution in [-0.4, -0.2) is 15.2 Å². The second-order valence-corrected chi connectivity index (χ2v) is 3.65. The topological polar surface area (TPSA) is 64.7 Å². The van der Waals surface area contributed by atoms with Gasteiger partial charge >= 0.3 is 0 Å². The highest BCUT2D eigenvalue weighted by molar-refractivity contribution is 5.39. The zero-order chi connectivity index (χ0) is 11.2. The summed E-state index contributed by atoms with van der Waals surface area (Å²) in [6.07, 6.45) is 6.15. The summed E-state index contributed by atoms with van der Waals surface area (Å²) in [6, 6.07) is 7.96. The molecular formula is C12H14N4. The van der Waals surface area contributed by atoms with E-state index in [2.05, 4.69) is 27.3 Å². The molecule has 4 heteroatoms. The molecule has 0 bridgehead atoms. The largest absolute Gasteiger partial charge is 0.399 e. The van der Waals surface area contributed by atoms with E-state index in [0.29, 0.717) is 0 Å². The molecule has 2 N–H and O–H groups in total. The first-order chi connectivity index (χ1) is 7.84. The number of anilines is 1. The predicted molar refractivity (Wildman–Crippen MR) is 62.7 cm³/mol. The third-order valence-corrected chi connectivity index (χ3v) is 2.38. The molecule has 0 spiro atoms. The maximum absolute atomic E-state index is 5.62.